The molecule has 0 heterocycles. The van der Waals surface area contributed by atoms with Crippen molar-refractivity contribution in [3.63, 3.8) is 0 Å². The van der Waals surface area contributed by atoms with E-state index in [1.54, 1.807) is 34.6 Å². The standard InChI is InChI=1S/C12H24O4/c1-8(6-13)10(14)9(2)7-16-11(15)12(3,4)5/h8-10,13-14H,6-7H2,1-5H3/t8-,9+,10-/m0/s1. The maximum Gasteiger partial charge on any atom is 0.311 e. The van der Waals surface area contributed by atoms with Crippen LogP contribution in [0.2, 0.25) is 0 Å². The molecule has 0 aliphatic carbocycles. The summed E-state index contributed by atoms with van der Waals surface area (Å²) < 4.78 is 5.10. The summed E-state index contributed by atoms with van der Waals surface area (Å²) in [6, 6.07) is 0. The van der Waals surface area contributed by atoms with E-state index in [-0.39, 0.29) is 31.0 Å². The van der Waals surface area contributed by atoms with Crippen molar-refractivity contribution in [3.05, 3.63) is 0 Å². The molecule has 0 aliphatic heterocycles. The maximum absolute atomic E-state index is 11.5. The summed E-state index contributed by atoms with van der Waals surface area (Å²) >= 11 is 0. The van der Waals surface area contributed by atoms with Crippen molar-refractivity contribution in [3.8, 4) is 0 Å². The molecule has 0 spiro atoms. The highest BCUT2D eigenvalue weighted by Gasteiger charge is 2.26. The van der Waals surface area contributed by atoms with Gasteiger partial charge in [0.05, 0.1) is 18.1 Å². The van der Waals surface area contributed by atoms with Gasteiger partial charge in [0.2, 0.25) is 0 Å². The number of esters is 1. The van der Waals surface area contributed by atoms with Crippen LogP contribution in [-0.2, 0) is 9.53 Å². The van der Waals surface area contributed by atoms with Crippen molar-refractivity contribution in [2.45, 2.75) is 40.7 Å². The third-order valence-electron chi connectivity index (χ3n) is 2.54. The molecule has 0 bridgehead atoms. The quantitative estimate of drug-likeness (QED) is 0.699. The highest BCUT2D eigenvalue weighted by molar-refractivity contribution is 5.75. The van der Waals surface area contributed by atoms with Gasteiger partial charge in [0.25, 0.3) is 0 Å². The predicted octanol–water partition coefficient (Wildman–Crippen LogP) is 1.20. The van der Waals surface area contributed by atoms with Crippen LogP contribution in [0.3, 0.4) is 0 Å². The fraction of sp³-hybridized carbons (Fsp3) is 0.917. The van der Waals surface area contributed by atoms with Gasteiger partial charge < -0.3 is 14.9 Å². The molecule has 4 heteroatoms. The molecule has 0 amide bonds. The smallest absolute Gasteiger partial charge is 0.311 e. The van der Waals surface area contributed by atoms with Crippen LogP contribution in [-0.4, -0.2) is 35.5 Å². The molecule has 16 heavy (non-hydrogen) atoms. The first-order chi connectivity index (χ1) is 7.20. The van der Waals surface area contributed by atoms with Gasteiger partial charge in [-0.15, -0.1) is 0 Å². The van der Waals surface area contributed by atoms with Crippen LogP contribution < -0.4 is 0 Å². The lowest BCUT2D eigenvalue weighted by Gasteiger charge is -2.24. The number of hydrogen-bond donors (Lipinski definition) is 2. The fourth-order valence-corrected chi connectivity index (χ4v) is 1.19. The SMILES string of the molecule is C[C@H](COC(=O)C(C)(C)C)[C@@H](O)[C@@H](C)CO. The average Bonchev–Trinajstić information content (AvgIpc) is 2.21. The fourth-order valence-electron chi connectivity index (χ4n) is 1.19. The van der Waals surface area contributed by atoms with E-state index in [1.807, 2.05) is 0 Å². The van der Waals surface area contributed by atoms with Gasteiger partial charge in [-0.2, -0.15) is 0 Å². The number of carbonyl (C=O) groups is 1. The first kappa shape index (κ1) is 15.4. The van der Waals surface area contributed by atoms with Crippen molar-refractivity contribution >= 4 is 5.97 Å². The zero-order valence-corrected chi connectivity index (χ0v) is 10.9. The van der Waals surface area contributed by atoms with E-state index in [2.05, 4.69) is 0 Å². The minimum Gasteiger partial charge on any atom is -0.465 e. The normalized spacial score (nSPS) is 17.7. The zero-order chi connectivity index (χ0) is 12.9. The van der Waals surface area contributed by atoms with Gasteiger partial charge >= 0.3 is 5.97 Å². The van der Waals surface area contributed by atoms with E-state index in [0.717, 1.165) is 0 Å². The molecule has 0 rings (SSSR count). The molecular weight excluding hydrogens is 208 g/mol. The third kappa shape index (κ3) is 4.94. The highest BCUT2D eigenvalue weighted by atomic mass is 16.5. The Hall–Kier alpha value is -0.610. The van der Waals surface area contributed by atoms with Crippen molar-refractivity contribution < 1.29 is 19.7 Å². The van der Waals surface area contributed by atoms with Gasteiger partial charge in [0, 0.05) is 18.4 Å². The molecule has 0 aliphatic rings. The minimum absolute atomic E-state index is 0.0707. The highest BCUT2D eigenvalue weighted by Crippen LogP contribution is 2.18. The maximum atomic E-state index is 11.5. The molecule has 3 atom stereocenters. The van der Waals surface area contributed by atoms with Crippen LogP contribution in [0.25, 0.3) is 0 Å². The lowest BCUT2D eigenvalue weighted by atomic mass is 9.94. The second-order valence-corrected chi connectivity index (χ2v) is 5.48. The Balaban J connectivity index is 4.08. The Kier molecular flexibility index (Phi) is 5.97. The molecule has 0 saturated carbocycles. The molecule has 96 valence electrons. The third-order valence-corrected chi connectivity index (χ3v) is 2.54. The molecule has 0 fully saturated rings. The topological polar surface area (TPSA) is 66.8 Å². The van der Waals surface area contributed by atoms with Gasteiger partial charge in [-0.3, -0.25) is 4.79 Å². The van der Waals surface area contributed by atoms with E-state index in [9.17, 15) is 9.90 Å². The summed E-state index contributed by atoms with van der Waals surface area (Å²) in [5, 5.41) is 18.6. The van der Waals surface area contributed by atoms with Gasteiger partial charge in [-0.1, -0.05) is 13.8 Å². The Bertz CT molecular complexity index is 220. The number of carbonyl (C=O) groups excluding carboxylic acids is 1. The summed E-state index contributed by atoms with van der Waals surface area (Å²) in [6.07, 6.45) is -0.655. The van der Waals surface area contributed by atoms with Crippen LogP contribution in [0.5, 0.6) is 0 Å². The van der Waals surface area contributed by atoms with Crippen LogP contribution in [0, 0.1) is 17.3 Å². The monoisotopic (exact) mass is 232 g/mol. The first-order valence-corrected chi connectivity index (χ1v) is 5.66. The first-order valence-electron chi connectivity index (χ1n) is 5.66. The lowest BCUT2D eigenvalue weighted by molar-refractivity contribution is -0.155. The van der Waals surface area contributed by atoms with Crippen molar-refractivity contribution in [1.82, 2.24) is 0 Å². The second-order valence-electron chi connectivity index (χ2n) is 5.48. The Labute approximate surface area is 97.6 Å². The average molecular weight is 232 g/mol. The number of aliphatic hydroxyl groups is 2. The van der Waals surface area contributed by atoms with E-state index in [0.29, 0.717) is 0 Å². The molecule has 2 N–H and O–H groups in total. The van der Waals surface area contributed by atoms with Crippen LogP contribution >= 0.6 is 0 Å². The van der Waals surface area contributed by atoms with E-state index >= 15 is 0 Å². The number of hydrogen-bond acceptors (Lipinski definition) is 4. The summed E-state index contributed by atoms with van der Waals surface area (Å²) in [6.45, 7) is 9.02. The molecular formula is C12H24O4. The van der Waals surface area contributed by atoms with E-state index in [1.165, 1.54) is 0 Å². The van der Waals surface area contributed by atoms with E-state index in [4.69, 9.17) is 9.84 Å². The zero-order valence-electron chi connectivity index (χ0n) is 10.9. The van der Waals surface area contributed by atoms with Crippen molar-refractivity contribution in [2.24, 2.45) is 17.3 Å². The molecule has 0 aromatic heterocycles. The molecule has 4 nitrogen and oxygen atoms in total. The predicted molar refractivity (Wildman–Crippen MR) is 61.8 cm³/mol. The lowest BCUT2D eigenvalue weighted by Crippen LogP contribution is -2.33. The van der Waals surface area contributed by atoms with E-state index < -0.39 is 11.5 Å². The molecule has 0 saturated heterocycles. The summed E-state index contributed by atoms with van der Waals surface area (Å²) in [7, 11) is 0. The number of aliphatic hydroxyl groups excluding tert-OH is 2. The summed E-state index contributed by atoms with van der Waals surface area (Å²) in [5.41, 5.74) is -0.521. The molecule has 0 aromatic carbocycles. The summed E-state index contributed by atoms with van der Waals surface area (Å²) in [5.74, 6) is -0.653. The minimum atomic E-state index is -0.655. The van der Waals surface area contributed by atoms with Gasteiger partial charge in [-0.25, -0.2) is 0 Å². The van der Waals surface area contributed by atoms with Crippen LogP contribution in [0.15, 0.2) is 0 Å². The van der Waals surface area contributed by atoms with Gasteiger partial charge in [-0.05, 0) is 20.8 Å². The van der Waals surface area contributed by atoms with Gasteiger partial charge in [0.15, 0.2) is 0 Å². The Morgan fingerprint density at radius 3 is 2.12 bits per heavy atom. The van der Waals surface area contributed by atoms with Crippen LogP contribution in [0.4, 0.5) is 0 Å². The van der Waals surface area contributed by atoms with Gasteiger partial charge in [0.1, 0.15) is 0 Å². The molecule has 0 unspecified atom stereocenters. The Morgan fingerprint density at radius 1 is 1.25 bits per heavy atom. The van der Waals surface area contributed by atoms with Crippen molar-refractivity contribution in [1.29, 1.82) is 0 Å². The molecule has 0 radical (unpaired) electrons. The summed E-state index contributed by atoms with van der Waals surface area (Å²) in [4.78, 5) is 11.5. The Morgan fingerprint density at radius 2 is 1.75 bits per heavy atom. The molecule has 0 aromatic rings. The van der Waals surface area contributed by atoms with Crippen molar-refractivity contribution in [2.75, 3.05) is 13.2 Å². The largest absolute Gasteiger partial charge is 0.465 e. The van der Waals surface area contributed by atoms with Crippen LogP contribution in [0.1, 0.15) is 34.6 Å². The number of ether oxygens (including phenoxy) is 1. The number of rotatable bonds is 5. The second kappa shape index (κ2) is 6.21.